The maximum Gasteiger partial charge on any atom is 0.150 e. The van der Waals surface area contributed by atoms with E-state index in [2.05, 4.69) is 0 Å². The van der Waals surface area contributed by atoms with Crippen LogP contribution in [-0.4, -0.2) is 37.7 Å². The number of aliphatic hydroxyl groups excluding tert-OH is 1. The zero-order valence-corrected chi connectivity index (χ0v) is 8.18. The van der Waals surface area contributed by atoms with Gasteiger partial charge in [-0.1, -0.05) is 6.92 Å². The van der Waals surface area contributed by atoms with Crippen LogP contribution in [0, 0.1) is 0 Å². The molecular formula is C7H17NO3S. The summed E-state index contributed by atoms with van der Waals surface area (Å²) in [6.07, 6.45) is 0.404. The lowest BCUT2D eigenvalue weighted by atomic mass is 10.2. The van der Waals surface area contributed by atoms with Crippen LogP contribution in [0.25, 0.3) is 0 Å². The monoisotopic (exact) mass is 195 g/mol. The number of rotatable bonds is 6. The molecule has 0 aromatic heterocycles. The second-order valence-electron chi connectivity index (χ2n) is 2.77. The Kier molecular flexibility index (Phi) is 5.44. The van der Waals surface area contributed by atoms with Crippen LogP contribution in [-0.2, 0) is 9.84 Å². The maximum absolute atomic E-state index is 11.0. The Balaban J connectivity index is 3.57. The van der Waals surface area contributed by atoms with E-state index in [4.69, 9.17) is 10.8 Å². The van der Waals surface area contributed by atoms with Crippen molar-refractivity contribution in [2.45, 2.75) is 25.9 Å². The number of hydrogen-bond donors (Lipinski definition) is 2. The largest absolute Gasteiger partial charge is 0.392 e. The highest BCUT2D eigenvalue weighted by molar-refractivity contribution is 7.91. The molecule has 5 heteroatoms. The summed E-state index contributed by atoms with van der Waals surface area (Å²) < 4.78 is 21.9. The molecule has 0 radical (unpaired) electrons. The summed E-state index contributed by atoms with van der Waals surface area (Å²) in [5.74, 6) is 0.326. The highest BCUT2D eigenvalue weighted by Gasteiger charge is 2.08. The van der Waals surface area contributed by atoms with Crippen molar-refractivity contribution >= 4 is 9.84 Å². The lowest BCUT2D eigenvalue weighted by molar-refractivity contribution is 0.172. The standard InChI is InChI=1S/C7H17NO3S/c1-2-12(10,11)5-3-4-7(9)6-8/h7,9H,2-6,8H2,1H3. The van der Waals surface area contributed by atoms with Crippen molar-refractivity contribution < 1.29 is 13.5 Å². The zero-order chi connectivity index (χ0) is 9.61. The van der Waals surface area contributed by atoms with E-state index in [9.17, 15) is 8.42 Å². The minimum Gasteiger partial charge on any atom is -0.392 e. The molecule has 74 valence electrons. The van der Waals surface area contributed by atoms with Crippen molar-refractivity contribution in [1.82, 2.24) is 0 Å². The molecule has 0 aromatic rings. The van der Waals surface area contributed by atoms with Gasteiger partial charge >= 0.3 is 0 Å². The molecule has 1 atom stereocenters. The van der Waals surface area contributed by atoms with E-state index in [0.717, 1.165) is 0 Å². The molecule has 0 fully saturated rings. The van der Waals surface area contributed by atoms with Crippen LogP contribution >= 0.6 is 0 Å². The Bertz CT molecular complexity index is 201. The van der Waals surface area contributed by atoms with Crippen LogP contribution in [0.5, 0.6) is 0 Å². The van der Waals surface area contributed by atoms with Gasteiger partial charge in [0.05, 0.1) is 11.9 Å². The number of aliphatic hydroxyl groups is 1. The molecule has 0 bridgehead atoms. The Hall–Kier alpha value is -0.130. The van der Waals surface area contributed by atoms with Gasteiger partial charge in [-0.25, -0.2) is 8.42 Å². The van der Waals surface area contributed by atoms with Crippen molar-refractivity contribution in [2.75, 3.05) is 18.1 Å². The molecular weight excluding hydrogens is 178 g/mol. The van der Waals surface area contributed by atoms with E-state index in [1.807, 2.05) is 0 Å². The fraction of sp³-hybridized carbons (Fsp3) is 1.00. The lowest BCUT2D eigenvalue weighted by Crippen LogP contribution is -2.20. The highest BCUT2D eigenvalue weighted by atomic mass is 32.2. The van der Waals surface area contributed by atoms with Gasteiger partial charge in [0.15, 0.2) is 0 Å². The van der Waals surface area contributed by atoms with E-state index >= 15 is 0 Å². The summed E-state index contributed by atoms with van der Waals surface area (Å²) in [5, 5.41) is 9.01. The van der Waals surface area contributed by atoms with E-state index in [1.165, 1.54) is 0 Å². The first kappa shape index (κ1) is 11.9. The first-order chi connectivity index (χ1) is 5.52. The number of hydrogen-bond acceptors (Lipinski definition) is 4. The minimum atomic E-state index is -2.88. The van der Waals surface area contributed by atoms with Crippen LogP contribution in [0.3, 0.4) is 0 Å². The summed E-state index contributed by atoms with van der Waals surface area (Å²) in [7, 11) is -2.88. The Labute approximate surface area is 73.7 Å². The molecule has 0 aromatic carbocycles. The molecule has 0 amide bonds. The molecule has 3 N–H and O–H groups in total. The Morgan fingerprint density at radius 2 is 2.08 bits per heavy atom. The number of sulfone groups is 1. The van der Waals surface area contributed by atoms with Gasteiger partial charge in [0, 0.05) is 12.3 Å². The first-order valence-corrected chi connectivity index (χ1v) is 5.92. The van der Waals surface area contributed by atoms with Crippen LogP contribution in [0.4, 0.5) is 0 Å². The molecule has 0 saturated carbocycles. The van der Waals surface area contributed by atoms with Gasteiger partial charge in [0.1, 0.15) is 9.84 Å². The maximum atomic E-state index is 11.0. The van der Waals surface area contributed by atoms with Gasteiger partial charge < -0.3 is 10.8 Å². The first-order valence-electron chi connectivity index (χ1n) is 4.10. The fourth-order valence-corrected chi connectivity index (χ4v) is 1.70. The van der Waals surface area contributed by atoms with Gasteiger partial charge in [0.2, 0.25) is 0 Å². The van der Waals surface area contributed by atoms with Crippen LogP contribution in [0.15, 0.2) is 0 Å². The summed E-state index contributed by atoms with van der Waals surface area (Å²) in [6, 6.07) is 0. The van der Waals surface area contributed by atoms with Gasteiger partial charge in [-0.3, -0.25) is 0 Å². The van der Waals surface area contributed by atoms with Gasteiger partial charge in [-0.2, -0.15) is 0 Å². The van der Waals surface area contributed by atoms with Crippen LogP contribution < -0.4 is 5.73 Å². The van der Waals surface area contributed by atoms with Crippen LogP contribution in [0.1, 0.15) is 19.8 Å². The van der Waals surface area contributed by atoms with E-state index in [1.54, 1.807) is 6.92 Å². The fourth-order valence-electron chi connectivity index (χ4n) is 0.801. The SMILES string of the molecule is CCS(=O)(=O)CCCC(O)CN. The summed E-state index contributed by atoms with van der Waals surface area (Å²) >= 11 is 0. The third kappa shape index (κ3) is 5.51. The predicted molar refractivity (Wildman–Crippen MR) is 48.6 cm³/mol. The predicted octanol–water partition coefficient (Wildman–Crippen LogP) is -0.479. The molecule has 0 heterocycles. The van der Waals surface area contributed by atoms with Crippen molar-refractivity contribution in [3.8, 4) is 0 Å². The Morgan fingerprint density at radius 1 is 1.50 bits per heavy atom. The quantitative estimate of drug-likeness (QED) is 0.600. The number of nitrogens with two attached hydrogens (primary N) is 1. The molecule has 0 aliphatic carbocycles. The van der Waals surface area contributed by atoms with Crippen molar-refractivity contribution in [1.29, 1.82) is 0 Å². The molecule has 0 saturated heterocycles. The summed E-state index contributed by atoms with van der Waals surface area (Å²) in [6.45, 7) is 1.82. The Morgan fingerprint density at radius 3 is 2.50 bits per heavy atom. The van der Waals surface area contributed by atoms with Crippen LogP contribution in [0.2, 0.25) is 0 Å². The highest BCUT2D eigenvalue weighted by Crippen LogP contribution is 2.00. The zero-order valence-electron chi connectivity index (χ0n) is 7.36. The molecule has 0 spiro atoms. The topological polar surface area (TPSA) is 80.4 Å². The lowest BCUT2D eigenvalue weighted by Gasteiger charge is -2.06. The van der Waals surface area contributed by atoms with Gasteiger partial charge in [-0.15, -0.1) is 0 Å². The molecule has 12 heavy (non-hydrogen) atoms. The van der Waals surface area contributed by atoms with Crippen molar-refractivity contribution in [3.63, 3.8) is 0 Å². The average molecular weight is 195 g/mol. The van der Waals surface area contributed by atoms with Gasteiger partial charge in [-0.05, 0) is 12.8 Å². The third-order valence-corrected chi connectivity index (χ3v) is 3.49. The van der Waals surface area contributed by atoms with E-state index in [0.29, 0.717) is 12.8 Å². The van der Waals surface area contributed by atoms with E-state index in [-0.39, 0.29) is 18.1 Å². The normalized spacial score (nSPS) is 14.6. The third-order valence-electron chi connectivity index (χ3n) is 1.70. The molecule has 1 unspecified atom stereocenters. The molecule has 0 aliphatic heterocycles. The summed E-state index contributed by atoms with van der Waals surface area (Å²) in [5.41, 5.74) is 5.15. The molecule has 0 aliphatic rings. The van der Waals surface area contributed by atoms with E-state index < -0.39 is 15.9 Å². The van der Waals surface area contributed by atoms with Gasteiger partial charge in [0.25, 0.3) is 0 Å². The minimum absolute atomic E-state index is 0.153. The van der Waals surface area contributed by atoms with Crippen molar-refractivity contribution in [3.05, 3.63) is 0 Å². The second-order valence-corrected chi connectivity index (χ2v) is 5.24. The molecule has 0 rings (SSSR count). The molecule has 4 nitrogen and oxygen atoms in total. The second kappa shape index (κ2) is 5.50. The average Bonchev–Trinajstić information content (AvgIpc) is 2.04. The smallest absolute Gasteiger partial charge is 0.150 e. The summed E-state index contributed by atoms with van der Waals surface area (Å²) in [4.78, 5) is 0. The van der Waals surface area contributed by atoms with Crippen molar-refractivity contribution in [2.24, 2.45) is 5.73 Å².